The van der Waals surface area contributed by atoms with E-state index in [1.165, 1.54) is 38.3 Å². The van der Waals surface area contributed by atoms with Crippen LogP contribution >= 0.6 is 0 Å². The Hall–Kier alpha value is -3.25. The van der Waals surface area contributed by atoms with Crippen molar-refractivity contribution in [1.82, 2.24) is 0 Å². The zero-order valence-corrected chi connectivity index (χ0v) is 21.7. The van der Waals surface area contributed by atoms with Gasteiger partial charge in [-0.2, -0.15) is 0 Å². The number of phenolic OH excluding ortho intramolecular Hbond substituents is 2. The van der Waals surface area contributed by atoms with Gasteiger partial charge in [-0.05, 0) is 19.1 Å². The molecule has 2 fully saturated rings. The van der Waals surface area contributed by atoms with E-state index >= 15 is 0 Å². The first kappa shape index (κ1) is 29.2. The third kappa shape index (κ3) is 5.16. The third-order valence-electron chi connectivity index (χ3n) is 7.21. The van der Waals surface area contributed by atoms with E-state index in [9.17, 15) is 45.6 Å². The summed E-state index contributed by atoms with van der Waals surface area (Å²) in [6.45, 7) is 0.924. The van der Waals surface area contributed by atoms with Crippen molar-refractivity contribution in [2.45, 2.75) is 68.3 Å². The molecule has 10 atom stereocenters. The molecule has 15 heteroatoms. The van der Waals surface area contributed by atoms with E-state index in [1.807, 2.05) is 0 Å². The summed E-state index contributed by atoms with van der Waals surface area (Å²) in [6.07, 6.45) is -15.3. The summed E-state index contributed by atoms with van der Waals surface area (Å²) < 4.78 is 32.7. The van der Waals surface area contributed by atoms with Crippen molar-refractivity contribution in [3.05, 3.63) is 34.5 Å². The first-order valence-electron chi connectivity index (χ1n) is 12.6. The monoisotopic (exact) mass is 582 g/mol. The number of fused-ring (bicyclic) bond motifs is 2. The molecule has 5 rings (SSSR count). The molecule has 0 amide bonds. The molecule has 0 radical (unpaired) electrons. The molecule has 41 heavy (non-hydrogen) atoms. The van der Waals surface area contributed by atoms with Gasteiger partial charge in [-0.3, -0.25) is 4.79 Å². The van der Waals surface area contributed by atoms with Crippen molar-refractivity contribution in [3.63, 3.8) is 0 Å². The second-order valence-corrected chi connectivity index (χ2v) is 9.88. The van der Waals surface area contributed by atoms with E-state index in [1.54, 1.807) is 0 Å². The van der Waals surface area contributed by atoms with Crippen LogP contribution in [-0.2, 0) is 14.2 Å². The number of aliphatic hydroxyl groups is 6. The number of hydrogen-bond donors (Lipinski definition) is 8. The van der Waals surface area contributed by atoms with Gasteiger partial charge in [0.1, 0.15) is 76.2 Å². The van der Waals surface area contributed by atoms with Crippen LogP contribution in [0.25, 0.3) is 21.9 Å². The maximum atomic E-state index is 13.2. The minimum atomic E-state index is -1.82. The second-order valence-electron chi connectivity index (χ2n) is 9.88. The van der Waals surface area contributed by atoms with Crippen LogP contribution in [-0.4, -0.2) is 116 Å². The van der Waals surface area contributed by atoms with Crippen LogP contribution in [0.1, 0.15) is 6.92 Å². The molecule has 3 aromatic rings. The van der Waals surface area contributed by atoms with Gasteiger partial charge in [0.05, 0.1) is 19.8 Å². The fourth-order valence-electron chi connectivity index (χ4n) is 4.82. The lowest BCUT2D eigenvalue weighted by atomic mass is 9.98. The summed E-state index contributed by atoms with van der Waals surface area (Å²) in [4.78, 5) is 13.2. The average Bonchev–Trinajstić information content (AvgIpc) is 2.94. The zero-order valence-electron chi connectivity index (χ0n) is 21.7. The maximum absolute atomic E-state index is 13.2. The Kier molecular flexibility index (Phi) is 7.99. The molecule has 224 valence electrons. The van der Waals surface area contributed by atoms with Gasteiger partial charge in [-0.15, -0.1) is 0 Å². The Morgan fingerprint density at radius 3 is 2.20 bits per heavy atom. The smallest absolute Gasteiger partial charge is 0.229 e. The maximum Gasteiger partial charge on any atom is 0.229 e. The van der Waals surface area contributed by atoms with E-state index in [2.05, 4.69) is 0 Å². The van der Waals surface area contributed by atoms with Crippen LogP contribution in [0.15, 0.2) is 33.5 Å². The number of aliphatic hydroxyl groups excluding tert-OH is 6. The Balaban J connectivity index is 1.39. The highest BCUT2D eigenvalue weighted by Gasteiger charge is 2.47. The van der Waals surface area contributed by atoms with Crippen molar-refractivity contribution in [2.24, 2.45) is 0 Å². The zero-order chi connectivity index (χ0) is 29.7. The van der Waals surface area contributed by atoms with E-state index < -0.39 is 84.9 Å². The third-order valence-corrected chi connectivity index (χ3v) is 7.21. The molecular weight excluding hydrogens is 552 g/mol. The summed E-state index contributed by atoms with van der Waals surface area (Å²) in [7, 11) is 1.37. The van der Waals surface area contributed by atoms with Crippen LogP contribution in [0, 0.1) is 0 Å². The number of ether oxygens (including phenoxy) is 5. The molecule has 0 spiro atoms. The molecule has 0 bridgehead atoms. The van der Waals surface area contributed by atoms with Crippen LogP contribution in [0.3, 0.4) is 0 Å². The van der Waals surface area contributed by atoms with Crippen LogP contribution in [0.5, 0.6) is 23.0 Å². The van der Waals surface area contributed by atoms with Crippen molar-refractivity contribution in [1.29, 1.82) is 0 Å². The predicted molar refractivity (Wildman–Crippen MR) is 135 cm³/mol. The Morgan fingerprint density at radius 2 is 1.49 bits per heavy atom. The molecular formula is C26H30O15. The fraction of sp³-hybridized carbons (Fsp3) is 0.500. The predicted octanol–water partition coefficient (Wildman–Crippen LogP) is -1.60. The minimum Gasteiger partial charge on any atom is -0.507 e. The molecule has 3 heterocycles. The van der Waals surface area contributed by atoms with Crippen molar-refractivity contribution >= 4 is 21.9 Å². The summed E-state index contributed by atoms with van der Waals surface area (Å²) in [5.74, 6) is -1.29. The lowest BCUT2D eigenvalue weighted by molar-refractivity contribution is -0.318. The number of hydrogen-bond acceptors (Lipinski definition) is 15. The molecule has 0 saturated carbocycles. The number of benzene rings is 2. The molecule has 1 aromatic heterocycles. The largest absolute Gasteiger partial charge is 0.507 e. The molecule has 15 nitrogen and oxygen atoms in total. The summed E-state index contributed by atoms with van der Waals surface area (Å²) in [5, 5.41) is 82.0. The average molecular weight is 583 g/mol. The number of methoxy groups -OCH3 is 1. The topological polar surface area (TPSA) is 238 Å². The summed E-state index contributed by atoms with van der Waals surface area (Å²) in [5.41, 5.74) is -0.843. The molecule has 2 aliphatic heterocycles. The van der Waals surface area contributed by atoms with Gasteiger partial charge < -0.3 is 69.0 Å². The number of rotatable bonds is 6. The second kappa shape index (κ2) is 11.2. The molecule has 8 N–H and O–H groups in total. The molecule has 0 aliphatic carbocycles. The van der Waals surface area contributed by atoms with Gasteiger partial charge in [-0.25, -0.2) is 0 Å². The van der Waals surface area contributed by atoms with E-state index in [0.29, 0.717) is 0 Å². The highest BCUT2D eigenvalue weighted by molar-refractivity contribution is 5.97. The first-order chi connectivity index (χ1) is 19.4. The molecule has 2 saturated heterocycles. The number of aromatic hydroxyl groups is 2. The van der Waals surface area contributed by atoms with Crippen molar-refractivity contribution in [2.75, 3.05) is 13.7 Å². The van der Waals surface area contributed by atoms with Crippen molar-refractivity contribution < 1.29 is 69.0 Å². The minimum absolute atomic E-state index is 0.00175. The van der Waals surface area contributed by atoms with Gasteiger partial charge in [-0.1, -0.05) is 0 Å². The molecule has 0 unspecified atom stereocenters. The van der Waals surface area contributed by atoms with Crippen LogP contribution in [0.2, 0.25) is 0 Å². The van der Waals surface area contributed by atoms with E-state index in [4.69, 9.17) is 28.1 Å². The van der Waals surface area contributed by atoms with Gasteiger partial charge in [0.2, 0.25) is 11.7 Å². The van der Waals surface area contributed by atoms with Gasteiger partial charge >= 0.3 is 0 Å². The van der Waals surface area contributed by atoms with Gasteiger partial charge in [0.15, 0.2) is 17.8 Å². The van der Waals surface area contributed by atoms with E-state index in [-0.39, 0.29) is 33.4 Å². The van der Waals surface area contributed by atoms with E-state index in [0.717, 1.165) is 0 Å². The Labute approximate surface area is 230 Å². The Bertz CT molecular complexity index is 1470. The Morgan fingerprint density at radius 1 is 0.805 bits per heavy atom. The van der Waals surface area contributed by atoms with Crippen LogP contribution < -0.4 is 14.9 Å². The van der Waals surface area contributed by atoms with Crippen molar-refractivity contribution in [3.8, 4) is 23.0 Å². The van der Waals surface area contributed by atoms with Gasteiger partial charge in [0.25, 0.3) is 0 Å². The fourth-order valence-corrected chi connectivity index (χ4v) is 4.82. The SMILES string of the molecule is COc1cc(O)c2c(=O)c3c(O)c(O[C@H]4O[C@@H](CO[C@@H]5O[C@@H](C)[C@H](O)[C@H](O)[C@H]5O)[C@H](O)[C@H](O)[C@@H]4O)ccc3oc2c1. The summed E-state index contributed by atoms with van der Waals surface area (Å²) in [6, 6.07) is 5.10. The number of phenols is 2. The highest BCUT2D eigenvalue weighted by Crippen LogP contribution is 2.38. The lowest BCUT2D eigenvalue weighted by Crippen LogP contribution is -2.61. The molecule has 2 aliphatic rings. The molecule has 2 aromatic carbocycles. The quantitative estimate of drug-likeness (QED) is 0.153. The lowest BCUT2D eigenvalue weighted by Gasteiger charge is -2.42. The standard InChI is InChI=1S/C26H30O15/c1-8-17(28)21(32)23(34)25(38-8)37-7-14-19(30)22(33)24(35)26(41-14)40-12-4-3-11-16(18(12)29)20(31)15-10(27)5-9(36-2)6-13(15)39-11/h3-6,8,14,17,19,21-30,32-35H,7H2,1-2H3/t8-,14-,17-,19-,21-,22-,23+,24-,25+,26-/m0/s1. The first-order valence-corrected chi connectivity index (χ1v) is 12.6. The normalized spacial score (nSPS) is 34.1. The summed E-state index contributed by atoms with van der Waals surface area (Å²) >= 11 is 0. The van der Waals surface area contributed by atoms with Gasteiger partial charge in [0, 0.05) is 12.1 Å². The highest BCUT2D eigenvalue weighted by atomic mass is 16.7. The van der Waals surface area contributed by atoms with Crippen LogP contribution in [0.4, 0.5) is 0 Å².